The Bertz CT molecular complexity index is 479. The van der Waals surface area contributed by atoms with Crippen molar-refractivity contribution < 1.29 is 4.74 Å². The van der Waals surface area contributed by atoms with Crippen LogP contribution in [0.2, 0.25) is 0 Å². The summed E-state index contributed by atoms with van der Waals surface area (Å²) in [6.45, 7) is 4.88. The summed E-state index contributed by atoms with van der Waals surface area (Å²) in [5, 5.41) is 3.39. The molecule has 0 fully saturated rings. The molecule has 0 aliphatic carbocycles. The summed E-state index contributed by atoms with van der Waals surface area (Å²) in [7, 11) is 0. The van der Waals surface area contributed by atoms with Gasteiger partial charge in [-0.25, -0.2) is 0 Å². The number of para-hydroxylation sites is 1. The standard InChI is InChI=1S/C16H19NO/c1-13(2)18-16-10-6-7-14(11-16)12-17-15-8-4-3-5-9-15/h3-11,13,17H,12H2,1-2H3. The molecule has 0 unspecified atom stereocenters. The molecular weight excluding hydrogens is 222 g/mol. The second-order valence-electron chi connectivity index (χ2n) is 4.53. The third-order valence-corrected chi connectivity index (χ3v) is 2.54. The van der Waals surface area contributed by atoms with Gasteiger partial charge in [0.05, 0.1) is 6.10 Å². The highest BCUT2D eigenvalue weighted by molar-refractivity contribution is 5.43. The molecule has 0 atom stereocenters. The maximum absolute atomic E-state index is 5.68. The predicted octanol–water partition coefficient (Wildman–Crippen LogP) is 4.09. The van der Waals surface area contributed by atoms with E-state index in [1.807, 2.05) is 44.2 Å². The molecule has 0 heterocycles. The Labute approximate surface area is 109 Å². The normalized spacial score (nSPS) is 10.4. The number of hydrogen-bond donors (Lipinski definition) is 1. The minimum absolute atomic E-state index is 0.210. The van der Waals surface area contributed by atoms with Gasteiger partial charge in [0.15, 0.2) is 0 Å². The fourth-order valence-corrected chi connectivity index (χ4v) is 1.76. The topological polar surface area (TPSA) is 21.3 Å². The van der Waals surface area contributed by atoms with Crippen molar-refractivity contribution in [2.45, 2.75) is 26.5 Å². The lowest BCUT2D eigenvalue weighted by Gasteiger charge is -2.11. The number of anilines is 1. The molecule has 0 amide bonds. The Morgan fingerprint density at radius 1 is 1.00 bits per heavy atom. The molecule has 0 bridgehead atoms. The van der Waals surface area contributed by atoms with Gasteiger partial charge in [-0.3, -0.25) is 0 Å². The smallest absolute Gasteiger partial charge is 0.120 e. The molecule has 0 saturated heterocycles. The number of ether oxygens (including phenoxy) is 1. The van der Waals surface area contributed by atoms with Crippen LogP contribution in [0.25, 0.3) is 0 Å². The van der Waals surface area contributed by atoms with E-state index in [0.29, 0.717) is 0 Å². The molecule has 0 saturated carbocycles. The van der Waals surface area contributed by atoms with Crippen LogP contribution in [0.3, 0.4) is 0 Å². The van der Waals surface area contributed by atoms with Crippen LogP contribution in [0.4, 0.5) is 5.69 Å². The van der Waals surface area contributed by atoms with Gasteiger partial charge in [0.2, 0.25) is 0 Å². The summed E-state index contributed by atoms with van der Waals surface area (Å²) in [5.74, 6) is 0.928. The summed E-state index contributed by atoms with van der Waals surface area (Å²) in [5.41, 5.74) is 2.35. The average molecular weight is 241 g/mol. The summed E-state index contributed by atoms with van der Waals surface area (Å²) >= 11 is 0. The van der Waals surface area contributed by atoms with Gasteiger partial charge in [-0.2, -0.15) is 0 Å². The van der Waals surface area contributed by atoms with Crippen LogP contribution in [-0.4, -0.2) is 6.10 Å². The van der Waals surface area contributed by atoms with Crippen molar-refractivity contribution in [1.82, 2.24) is 0 Å². The fourth-order valence-electron chi connectivity index (χ4n) is 1.76. The highest BCUT2D eigenvalue weighted by Gasteiger charge is 1.99. The number of nitrogens with one attached hydrogen (secondary N) is 1. The van der Waals surface area contributed by atoms with E-state index >= 15 is 0 Å². The molecule has 18 heavy (non-hydrogen) atoms. The van der Waals surface area contributed by atoms with E-state index in [1.54, 1.807) is 0 Å². The molecular formula is C16H19NO. The Hall–Kier alpha value is -1.96. The third kappa shape index (κ3) is 3.81. The van der Waals surface area contributed by atoms with Crippen molar-refractivity contribution in [3.63, 3.8) is 0 Å². The van der Waals surface area contributed by atoms with Gasteiger partial charge in [-0.1, -0.05) is 30.3 Å². The van der Waals surface area contributed by atoms with E-state index in [-0.39, 0.29) is 6.10 Å². The van der Waals surface area contributed by atoms with E-state index < -0.39 is 0 Å². The highest BCUT2D eigenvalue weighted by atomic mass is 16.5. The van der Waals surface area contributed by atoms with Gasteiger partial charge < -0.3 is 10.1 Å². The lowest BCUT2D eigenvalue weighted by molar-refractivity contribution is 0.242. The zero-order valence-electron chi connectivity index (χ0n) is 10.9. The maximum atomic E-state index is 5.68. The van der Waals surface area contributed by atoms with Gasteiger partial charge in [0, 0.05) is 12.2 Å². The van der Waals surface area contributed by atoms with Crippen LogP contribution in [0.15, 0.2) is 54.6 Å². The molecule has 2 aromatic carbocycles. The molecule has 0 aliphatic heterocycles. The van der Waals surface area contributed by atoms with Crippen molar-refractivity contribution in [3.05, 3.63) is 60.2 Å². The Morgan fingerprint density at radius 2 is 1.78 bits per heavy atom. The van der Waals surface area contributed by atoms with Gasteiger partial charge in [0.25, 0.3) is 0 Å². The largest absolute Gasteiger partial charge is 0.491 e. The van der Waals surface area contributed by atoms with Crippen molar-refractivity contribution in [3.8, 4) is 5.75 Å². The van der Waals surface area contributed by atoms with Gasteiger partial charge >= 0.3 is 0 Å². The molecule has 0 spiro atoms. The fraction of sp³-hybridized carbons (Fsp3) is 0.250. The quantitative estimate of drug-likeness (QED) is 0.851. The molecule has 2 rings (SSSR count). The Kier molecular flexibility index (Phi) is 4.24. The zero-order chi connectivity index (χ0) is 12.8. The first kappa shape index (κ1) is 12.5. The summed E-state index contributed by atoms with van der Waals surface area (Å²) < 4.78 is 5.68. The molecule has 1 N–H and O–H groups in total. The lowest BCUT2D eigenvalue weighted by Crippen LogP contribution is -2.06. The van der Waals surface area contributed by atoms with Crippen molar-refractivity contribution >= 4 is 5.69 Å². The van der Waals surface area contributed by atoms with Crippen LogP contribution >= 0.6 is 0 Å². The summed E-state index contributed by atoms with van der Waals surface area (Å²) in [4.78, 5) is 0. The number of benzene rings is 2. The zero-order valence-corrected chi connectivity index (χ0v) is 10.9. The first-order valence-corrected chi connectivity index (χ1v) is 6.28. The SMILES string of the molecule is CC(C)Oc1cccc(CNc2ccccc2)c1. The molecule has 2 nitrogen and oxygen atoms in total. The minimum atomic E-state index is 0.210. The van der Waals surface area contributed by atoms with E-state index in [9.17, 15) is 0 Å². The Balaban J connectivity index is 1.97. The minimum Gasteiger partial charge on any atom is -0.491 e. The molecule has 0 radical (unpaired) electrons. The van der Waals surface area contributed by atoms with E-state index in [2.05, 4.69) is 29.6 Å². The molecule has 0 aliphatic rings. The second kappa shape index (κ2) is 6.10. The number of rotatable bonds is 5. The van der Waals surface area contributed by atoms with Crippen molar-refractivity contribution in [2.75, 3.05) is 5.32 Å². The van der Waals surface area contributed by atoms with Crippen LogP contribution < -0.4 is 10.1 Å². The van der Waals surface area contributed by atoms with Crippen molar-refractivity contribution in [2.24, 2.45) is 0 Å². The van der Waals surface area contributed by atoms with Crippen molar-refractivity contribution in [1.29, 1.82) is 0 Å². The highest BCUT2D eigenvalue weighted by Crippen LogP contribution is 2.16. The van der Waals surface area contributed by atoms with Crippen LogP contribution in [0.1, 0.15) is 19.4 Å². The van der Waals surface area contributed by atoms with Gasteiger partial charge in [-0.15, -0.1) is 0 Å². The summed E-state index contributed by atoms with van der Waals surface area (Å²) in [6.07, 6.45) is 0.210. The van der Waals surface area contributed by atoms with Crippen LogP contribution in [0, 0.1) is 0 Å². The van der Waals surface area contributed by atoms with E-state index in [0.717, 1.165) is 18.0 Å². The van der Waals surface area contributed by atoms with E-state index in [4.69, 9.17) is 4.74 Å². The third-order valence-electron chi connectivity index (χ3n) is 2.54. The number of hydrogen-bond acceptors (Lipinski definition) is 2. The first-order valence-electron chi connectivity index (χ1n) is 6.28. The molecule has 94 valence electrons. The van der Waals surface area contributed by atoms with Gasteiger partial charge in [0.1, 0.15) is 5.75 Å². The van der Waals surface area contributed by atoms with Crippen LogP contribution in [-0.2, 0) is 6.54 Å². The van der Waals surface area contributed by atoms with Crippen LogP contribution in [0.5, 0.6) is 5.75 Å². The predicted molar refractivity (Wildman–Crippen MR) is 76.0 cm³/mol. The molecule has 0 aromatic heterocycles. The molecule has 2 aromatic rings. The summed E-state index contributed by atoms with van der Waals surface area (Å²) in [6, 6.07) is 18.4. The molecule has 2 heteroatoms. The Morgan fingerprint density at radius 3 is 2.50 bits per heavy atom. The van der Waals surface area contributed by atoms with Gasteiger partial charge in [-0.05, 0) is 43.7 Å². The monoisotopic (exact) mass is 241 g/mol. The average Bonchev–Trinajstić information content (AvgIpc) is 2.37. The van der Waals surface area contributed by atoms with E-state index in [1.165, 1.54) is 5.56 Å². The second-order valence-corrected chi connectivity index (χ2v) is 4.53. The maximum Gasteiger partial charge on any atom is 0.120 e. The lowest BCUT2D eigenvalue weighted by atomic mass is 10.2. The first-order chi connectivity index (χ1) is 8.74.